The van der Waals surface area contributed by atoms with Crippen molar-refractivity contribution in [2.45, 2.75) is 63.9 Å². The summed E-state index contributed by atoms with van der Waals surface area (Å²) < 4.78 is 30.0. The van der Waals surface area contributed by atoms with Gasteiger partial charge in [-0.2, -0.15) is 4.31 Å². The number of hydrogen-bond acceptors (Lipinski definition) is 5. The normalized spacial score (nSPS) is 17.2. The Balaban J connectivity index is 1.78. The topological polar surface area (TPSA) is 88.5 Å². The molecule has 0 aliphatic carbocycles. The van der Waals surface area contributed by atoms with Gasteiger partial charge in [0.1, 0.15) is 0 Å². The van der Waals surface area contributed by atoms with Crippen molar-refractivity contribution < 1.29 is 13.2 Å². The maximum Gasteiger partial charge on any atom is 0.308 e. The largest absolute Gasteiger partial charge is 0.351 e. The van der Waals surface area contributed by atoms with Crippen LogP contribution in [0.3, 0.4) is 0 Å². The number of benzene rings is 1. The summed E-state index contributed by atoms with van der Waals surface area (Å²) in [6.07, 6.45) is 1.00. The molecule has 7 nitrogen and oxygen atoms in total. The summed E-state index contributed by atoms with van der Waals surface area (Å²) in [4.78, 5) is 24.7. The van der Waals surface area contributed by atoms with E-state index in [2.05, 4.69) is 5.32 Å². The molecule has 2 heterocycles. The SMILES string of the molecule is CC(C)n1c(=O)sc2cc(S(=O)(=O)N3CCC(C(=O)NC(C)(C)C)CC3)ccc21. The van der Waals surface area contributed by atoms with Crippen molar-refractivity contribution in [2.75, 3.05) is 13.1 Å². The van der Waals surface area contributed by atoms with Crippen molar-refractivity contribution in [2.24, 2.45) is 5.92 Å². The van der Waals surface area contributed by atoms with E-state index in [0.29, 0.717) is 30.6 Å². The number of aromatic nitrogens is 1. The van der Waals surface area contributed by atoms with Crippen LogP contribution in [0.15, 0.2) is 27.9 Å². The molecule has 1 fully saturated rings. The van der Waals surface area contributed by atoms with Crippen LogP contribution in [-0.4, -0.2) is 41.8 Å². The number of piperidine rings is 1. The van der Waals surface area contributed by atoms with E-state index in [1.165, 1.54) is 4.31 Å². The number of amides is 1. The first kappa shape index (κ1) is 22.0. The molecule has 1 aliphatic heterocycles. The highest BCUT2D eigenvalue weighted by molar-refractivity contribution is 7.89. The summed E-state index contributed by atoms with van der Waals surface area (Å²) in [6, 6.07) is 4.88. The maximum atomic E-state index is 13.1. The average molecular weight is 440 g/mol. The minimum absolute atomic E-state index is 0.0111. The molecule has 1 aromatic heterocycles. The second-order valence-corrected chi connectivity index (χ2v) is 11.8. The van der Waals surface area contributed by atoms with Gasteiger partial charge in [0.25, 0.3) is 0 Å². The summed E-state index contributed by atoms with van der Waals surface area (Å²) in [5.41, 5.74) is 0.454. The number of nitrogens with one attached hydrogen (secondary N) is 1. The third-order valence-electron chi connectivity index (χ3n) is 5.06. The molecule has 0 bridgehead atoms. The molecule has 1 aliphatic rings. The van der Waals surface area contributed by atoms with Crippen molar-refractivity contribution in [3.05, 3.63) is 27.9 Å². The van der Waals surface area contributed by atoms with Crippen LogP contribution in [0.2, 0.25) is 0 Å². The molecule has 160 valence electrons. The van der Waals surface area contributed by atoms with Gasteiger partial charge in [0, 0.05) is 30.6 Å². The van der Waals surface area contributed by atoms with Crippen LogP contribution in [-0.2, 0) is 14.8 Å². The van der Waals surface area contributed by atoms with Gasteiger partial charge in [-0.25, -0.2) is 8.42 Å². The molecule has 2 aromatic rings. The Morgan fingerprint density at radius 2 is 1.83 bits per heavy atom. The van der Waals surface area contributed by atoms with Gasteiger partial charge in [0.05, 0.1) is 15.1 Å². The molecule has 1 aromatic carbocycles. The van der Waals surface area contributed by atoms with Gasteiger partial charge in [-0.3, -0.25) is 14.2 Å². The first-order chi connectivity index (χ1) is 13.4. The highest BCUT2D eigenvalue weighted by atomic mass is 32.2. The first-order valence-electron chi connectivity index (χ1n) is 9.87. The predicted molar refractivity (Wildman–Crippen MR) is 116 cm³/mol. The third-order valence-corrected chi connectivity index (χ3v) is 7.87. The lowest BCUT2D eigenvalue weighted by molar-refractivity contribution is -0.127. The van der Waals surface area contributed by atoms with Gasteiger partial charge in [-0.1, -0.05) is 11.3 Å². The summed E-state index contributed by atoms with van der Waals surface area (Å²) in [7, 11) is -3.66. The fourth-order valence-corrected chi connectivity index (χ4v) is 6.27. The Bertz CT molecular complexity index is 1070. The van der Waals surface area contributed by atoms with E-state index in [0.717, 1.165) is 16.9 Å². The molecule has 0 atom stereocenters. The number of fused-ring (bicyclic) bond motifs is 1. The van der Waals surface area contributed by atoms with Gasteiger partial charge in [-0.05, 0) is 65.7 Å². The first-order valence-corrected chi connectivity index (χ1v) is 12.1. The van der Waals surface area contributed by atoms with E-state index in [1.54, 1.807) is 22.8 Å². The van der Waals surface area contributed by atoms with Crippen molar-refractivity contribution in [1.29, 1.82) is 0 Å². The van der Waals surface area contributed by atoms with Crippen molar-refractivity contribution in [3.63, 3.8) is 0 Å². The number of sulfonamides is 1. The van der Waals surface area contributed by atoms with Crippen LogP contribution in [0, 0.1) is 5.92 Å². The monoisotopic (exact) mass is 439 g/mol. The Kier molecular flexibility index (Phi) is 5.95. The highest BCUT2D eigenvalue weighted by Gasteiger charge is 2.33. The lowest BCUT2D eigenvalue weighted by Gasteiger charge is -2.32. The van der Waals surface area contributed by atoms with Crippen LogP contribution < -0.4 is 10.2 Å². The lowest BCUT2D eigenvalue weighted by atomic mass is 9.96. The Morgan fingerprint density at radius 1 is 1.21 bits per heavy atom. The van der Waals surface area contributed by atoms with Crippen molar-refractivity contribution >= 4 is 37.5 Å². The van der Waals surface area contributed by atoms with Crippen molar-refractivity contribution in [1.82, 2.24) is 14.2 Å². The Morgan fingerprint density at radius 3 is 2.38 bits per heavy atom. The van der Waals surface area contributed by atoms with Gasteiger partial charge in [0.2, 0.25) is 15.9 Å². The van der Waals surface area contributed by atoms with E-state index in [4.69, 9.17) is 0 Å². The molecule has 3 rings (SSSR count). The lowest BCUT2D eigenvalue weighted by Crippen LogP contribution is -2.47. The molecular weight excluding hydrogens is 410 g/mol. The zero-order chi connectivity index (χ0) is 21.6. The molecule has 0 saturated carbocycles. The fourth-order valence-electron chi connectivity index (χ4n) is 3.65. The minimum atomic E-state index is -3.66. The second-order valence-electron chi connectivity index (χ2n) is 8.88. The summed E-state index contributed by atoms with van der Waals surface area (Å²) >= 11 is 1.07. The van der Waals surface area contributed by atoms with E-state index < -0.39 is 10.0 Å². The Hall–Kier alpha value is -1.71. The van der Waals surface area contributed by atoms with Crippen LogP contribution in [0.4, 0.5) is 0 Å². The molecule has 0 radical (unpaired) electrons. The molecule has 1 N–H and O–H groups in total. The third kappa shape index (κ3) is 4.57. The van der Waals surface area contributed by atoms with Crippen molar-refractivity contribution in [3.8, 4) is 0 Å². The number of thiazole rings is 1. The maximum absolute atomic E-state index is 13.1. The van der Waals surface area contributed by atoms with Gasteiger partial charge >= 0.3 is 4.87 Å². The number of carbonyl (C=O) groups excluding carboxylic acids is 1. The van der Waals surface area contributed by atoms with E-state index in [-0.39, 0.29) is 33.2 Å². The van der Waals surface area contributed by atoms with E-state index >= 15 is 0 Å². The molecule has 1 saturated heterocycles. The molecule has 9 heteroatoms. The highest BCUT2D eigenvalue weighted by Crippen LogP contribution is 2.28. The van der Waals surface area contributed by atoms with Crippen LogP contribution in [0.25, 0.3) is 10.2 Å². The van der Waals surface area contributed by atoms with E-state index in [1.807, 2.05) is 34.6 Å². The number of carbonyl (C=O) groups is 1. The molecule has 0 unspecified atom stereocenters. The van der Waals surface area contributed by atoms with Crippen LogP contribution >= 0.6 is 11.3 Å². The quantitative estimate of drug-likeness (QED) is 0.793. The zero-order valence-corrected chi connectivity index (χ0v) is 19.2. The Labute approximate surface area is 175 Å². The average Bonchev–Trinajstić information content (AvgIpc) is 2.95. The van der Waals surface area contributed by atoms with Gasteiger partial charge in [-0.15, -0.1) is 0 Å². The van der Waals surface area contributed by atoms with Crippen LogP contribution in [0.5, 0.6) is 0 Å². The number of nitrogens with zero attached hydrogens (tertiary/aromatic N) is 2. The molecular formula is C20H29N3O4S2. The minimum Gasteiger partial charge on any atom is -0.351 e. The van der Waals surface area contributed by atoms with Gasteiger partial charge < -0.3 is 5.32 Å². The second kappa shape index (κ2) is 7.85. The smallest absolute Gasteiger partial charge is 0.308 e. The molecule has 1 amide bonds. The zero-order valence-electron chi connectivity index (χ0n) is 17.6. The standard InChI is InChI=1S/C20H29N3O4S2/c1-13(2)23-16-7-6-15(12-17(16)28-19(23)25)29(26,27)22-10-8-14(9-11-22)18(24)21-20(3,4)5/h6-7,12-14H,8-11H2,1-5H3,(H,21,24). The predicted octanol–water partition coefficient (Wildman–Crippen LogP) is 2.96. The van der Waals surface area contributed by atoms with Gasteiger partial charge in [0.15, 0.2) is 0 Å². The fraction of sp³-hybridized carbons (Fsp3) is 0.600. The molecule has 0 spiro atoms. The van der Waals surface area contributed by atoms with Crippen LogP contribution in [0.1, 0.15) is 53.5 Å². The van der Waals surface area contributed by atoms with E-state index in [9.17, 15) is 18.0 Å². The number of hydrogen-bond donors (Lipinski definition) is 1. The number of rotatable bonds is 4. The summed E-state index contributed by atoms with van der Waals surface area (Å²) in [5, 5.41) is 2.97. The summed E-state index contributed by atoms with van der Waals surface area (Å²) in [5.74, 6) is -0.191. The molecule has 29 heavy (non-hydrogen) atoms. The summed E-state index contributed by atoms with van der Waals surface area (Å²) in [6.45, 7) is 10.3.